The summed E-state index contributed by atoms with van der Waals surface area (Å²) in [6.45, 7) is 5.39. The lowest BCUT2D eigenvalue weighted by atomic mass is 10.3. The summed E-state index contributed by atoms with van der Waals surface area (Å²) in [4.78, 5) is 7.53. The normalized spacial score (nSPS) is 13.0. The van der Waals surface area contributed by atoms with Crippen molar-refractivity contribution in [3.05, 3.63) is 42.7 Å². The Balaban J connectivity index is 2.55. The van der Waals surface area contributed by atoms with Crippen LogP contribution in [0, 0.1) is 6.58 Å². The zero-order valence-corrected chi connectivity index (χ0v) is 8.45. The molecule has 0 aliphatic heterocycles. The number of nitrogens with one attached hydrogen (secondary N) is 1. The minimum absolute atomic E-state index is 0.0140. The van der Waals surface area contributed by atoms with Crippen LogP contribution in [0.15, 0.2) is 30.3 Å². The first kappa shape index (κ1) is 8.51. The quantitative estimate of drug-likeness (QED) is 0.797. The molecule has 1 unspecified atom stereocenters. The smallest absolute Gasteiger partial charge is 0.124 e. The van der Waals surface area contributed by atoms with E-state index in [2.05, 4.69) is 25.9 Å². The van der Waals surface area contributed by atoms with Crippen LogP contribution < -0.4 is 0 Å². The van der Waals surface area contributed by atoms with Gasteiger partial charge in [-0.05, 0) is 12.1 Å². The van der Waals surface area contributed by atoms with Crippen molar-refractivity contribution in [2.75, 3.05) is 0 Å². The van der Waals surface area contributed by atoms with Crippen molar-refractivity contribution < 1.29 is 0 Å². The number of para-hydroxylation sites is 2. The van der Waals surface area contributed by atoms with Gasteiger partial charge in [-0.15, -0.1) is 0 Å². The molecule has 1 atom stereocenters. The number of imidazole rings is 1. The predicted octanol–water partition coefficient (Wildman–Crippen LogP) is 2.99. The summed E-state index contributed by atoms with van der Waals surface area (Å²) in [6, 6.07) is 7.88. The third-order valence-corrected chi connectivity index (χ3v) is 2.58. The molecule has 2 rings (SSSR count). The second-order valence-corrected chi connectivity index (χ2v) is 3.72. The fourth-order valence-corrected chi connectivity index (χ4v) is 1.41. The zero-order chi connectivity index (χ0) is 9.26. The summed E-state index contributed by atoms with van der Waals surface area (Å²) in [6.07, 6.45) is 1.55. The van der Waals surface area contributed by atoms with Gasteiger partial charge in [0.2, 0.25) is 0 Å². The summed E-state index contributed by atoms with van der Waals surface area (Å²) >= 11 is 3.39. The van der Waals surface area contributed by atoms with E-state index in [4.69, 9.17) is 6.58 Å². The standard InChI is InChI=1S/C10H8BrN2/c1-2-7(11)10-12-8-5-3-4-6-9(8)13-10/h1-7H,(H,12,13). The Bertz CT molecular complexity index is 400. The molecular weight excluding hydrogens is 228 g/mol. The van der Waals surface area contributed by atoms with Crippen LogP contribution in [-0.4, -0.2) is 9.97 Å². The maximum absolute atomic E-state index is 5.39. The number of benzene rings is 1. The van der Waals surface area contributed by atoms with Gasteiger partial charge in [-0.3, -0.25) is 0 Å². The van der Waals surface area contributed by atoms with Crippen molar-refractivity contribution in [3.63, 3.8) is 0 Å². The van der Waals surface area contributed by atoms with Gasteiger partial charge < -0.3 is 4.98 Å². The van der Waals surface area contributed by atoms with Crippen LogP contribution in [0.2, 0.25) is 0 Å². The van der Waals surface area contributed by atoms with Crippen LogP contribution in [0.4, 0.5) is 0 Å². The fraction of sp³-hybridized carbons (Fsp3) is 0.100. The number of hydrogen-bond acceptors (Lipinski definition) is 1. The average molecular weight is 236 g/mol. The minimum Gasteiger partial charge on any atom is -0.341 e. The topological polar surface area (TPSA) is 28.7 Å². The SMILES string of the molecule is [CH]=CC(Br)c1nc2ccccc2[nH]1. The molecule has 1 N–H and O–H groups in total. The lowest BCUT2D eigenvalue weighted by molar-refractivity contribution is 1.06. The van der Waals surface area contributed by atoms with Crippen LogP contribution in [0.3, 0.4) is 0 Å². The molecule has 0 bridgehead atoms. The monoisotopic (exact) mass is 235 g/mol. The Morgan fingerprint density at radius 1 is 1.46 bits per heavy atom. The van der Waals surface area contributed by atoms with Crippen molar-refractivity contribution in [1.82, 2.24) is 9.97 Å². The zero-order valence-electron chi connectivity index (χ0n) is 6.87. The minimum atomic E-state index is -0.0140. The number of fused-ring (bicyclic) bond motifs is 1. The number of hydrogen-bond donors (Lipinski definition) is 1. The maximum atomic E-state index is 5.39. The Hall–Kier alpha value is -1.09. The van der Waals surface area contributed by atoms with Crippen LogP contribution in [0.25, 0.3) is 11.0 Å². The van der Waals surface area contributed by atoms with Gasteiger partial charge >= 0.3 is 0 Å². The van der Waals surface area contributed by atoms with Gasteiger partial charge in [0.25, 0.3) is 0 Å². The highest BCUT2D eigenvalue weighted by Crippen LogP contribution is 2.22. The highest BCUT2D eigenvalue weighted by Gasteiger charge is 2.07. The van der Waals surface area contributed by atoms with E-state index in [0.29, 0.717) is 0 Å². The van der Waals surface area contributed by atoms with E-state index >= 15 is 0 Å². The van der Waals surface area contributed by atoms with E-state index in [1.54, 1.807) is 6.08 Å². The van der Waals surface area contributed by atoms with Gasteiger partial charge in [0.15, 0.2) is 0 Å². The Morgan fingerprint density at radius 2 is 2.23 bits per heavy atom. The number of halogens is 1. The molecule has 0 aliphatic carbocycles. The lowest BCUT2D eigenvalue weighted by Gasteiger charge is -1.95. The van der Waals surface area contributed by atoms with E-state index < -0.39 is 0 Å². The molecule has 65 valence electrons. The molecule has 0 aliphatic rings. The summed E-state index contributed by atoms with van der Waals surface area (Å²) in [5.41, 5.74) is 1.99. The lowest BCUT2D eigenvalue weighted by Crippen LogP contribution is -1.86. The van der Waals surface area contributed by atoms with Crippen molar-refractivity contribution in [1.29, 1.82) is 0 Å². The first-order chi connectivity index (χ1) is 6.31. The third-order valence-electron chi connectivity index (χ3n) is 1.84. The highest BCUT2D eigenvalue weighted by molar-refractivity contribution is 9.09. The number of alkyl halides is 1. The summed E-state index contributed by atoms with van der Waals surface area (Å²) in [5.74, 6) is 0.837. The van der Waals surface area contributed by atoms with Crippen LogP contribution in [0.5, 0.6) is 0 Å². The number of allylic oxidation sites excluding steroid dienone is 1. The summed E-state index contributed by atoms with van der Waals surface area (Å²) in [7, 11) is 0. The van der Waals surface area contributed by atoms with Crippen LogP contribution in [-0.2, 0) is 0 Å². The van der Waals surface area contributed by atoms with Gasteiger partial charge in [-0.25, -0.2) is 4.98 Å². The molecule has 3 heteroatoms. The third kappa shape index (κ3) is 1.52. The first-order valence-corrected chi connectivity index (χ1v) is 4.86. The number of aromatic nitrogens is 2. The molecule has 1 aromatic heterocycles. The Labute approximate surface area is 84.8 Å². The van der Waals surface area contributed by atoms with Crippen LogP contribution in [0.1, 0.15) is 10.7 Å². The second-order valence-electron chi connectivity index (χ2n) is 2.73. The maximum Gasteiger partial charge on any atom is 0.124 e. The molecule has 0 spiro atoms. The van der Waals surface area contributed by atoms with E-state index in [1.165, 1.54) is 0 Å². The predicted molar refractivity (Wildman–Crippen MR) is 56.6 cm³/mol. The number of aromatic amines is 1. The molecule has 0 amide bonds. The molecule has 1 heterocycles. The number of H-pyrrole nitrogens is 1. The molecular formula is C10H8BrN2. The molecule has 2 nitrogen and oxygen atoms in total. The van der Waals surface area contributed by atoms with Crippen molar-refractivity contribution in [2.45, 2.75) is 4.83 Å². The van der Waals surface area contributed by atoms with Gasteiger partial charge in [0.05, 0.1) is 15.9 Å². The Kier molecular flexibility index (Phi) is 2.19. The summed E-state index contributed by atoms with van der Waals surface area (Å²) in [5, 5.41) is 0. The first-order valence-electron chi connectivity index (χ1n) is 3.95. The van der Waals surface area contributed by atoms with E-state index in [-0.39, 0.29) is 4.83 Å². The molecule has 1 radical (unpaired) electrons. The van der Waals surface area contributed by atoms with Gasteiger partial charge in [-0.1, -0.05) is 40.7 Å². The van der Waals surface area contributed by atoms with Crippen molar-refractivity contribution in [2.24, 2.45) is 0 Å². The number of rotatable bonds is 2. The molecule has 0 fully saturated rings. The molecule has 0 saturated carbocycles. The average Bonchev–Trinajstić information content (AvgIpc) is 2.59. The molecule has 1 aromatic carbocycles. The van der Waals surface area contributed by atoms with Crippen LogP contribution >= 0.6 is 15.9 Å². The van der Waals surface area contributed by atoms with E-state index in [1.807, 2.05) is 24.3 Å². The molecule has 13 heavy (non-hydrogen) atoms. The summed E-state index contributed by atoms with van der Waals surface area (Å²) < 4.78 is 0. The highest BCUT2D eigenvalue weighted by atomic mass is 79.9. The number of nitrogens with zero attached hydrogens (tertiary/aromatic N) is 1. The van der Waals surface area contributed by atoms with E-state index in [0.717, 1.165) is 16.9 Å². The van der Waals surface area contributed by atoms with Gasteiger partial charge in [0.1, 0.15) is 5.82 Å². The van der Waals surface area contributed by atoms with Crippen molar-refractivity contribution in [3.8, 4) is 0 Å². The van der Waals surface area contributed by atoms with Gasteiger partial charge in [-0.2, -0.15) is 0 Å². The van der Waals surface area contributed by atoms with E-state index in [9.17, 15) is 0 Å². The second kappa shape index (κ2) is 3.34. The fourth-order valence-electron chi connectivity index (χ4n) is 1.19. The Morgan fingerprint density at radius 3 is 2.92 bits per heavy atom. The largest absolute Gasteiger partial charge is 0.341 e. The van der Waals surface area contributed by atoms with Crippen molar-refractivity contribution >= 4 is 27.0 Å². The molecule has 2 aromatic rings. The molecule has 0 saturated heterocycles. The van der Waals surface area contributed by atoms with Gasteiger partial charge in [0, 0.05) is 0 Å².